The van der Waals surface area contributed by atoms with E-state index < -0.39 is 0 Å². The van der Waals surface area contributed by atoms with Gasteiger partial charge in [-0.05, 0) is 33.1 Å². The van der Waals surface area contributed by atoms with E-state index in [4.69, 9.17) is 4.74 Å². The van der Waals surface area contributed by atoms with Gasteiger partial charge in [0.2, 0.25) is 0 Å². The van der Waals surface area contributed by atoms with E-state index in [1.807, 2.05) is 6.92 Å². The predicted molar refractivity (Wildman–Crippen MR) is 54.1 cm³/mol. The average molecular weight is 208 g/mol. The summed E-state index contributed by atoms with van der Waals surface area (Å²) in [5, 5.41) is 3.23. The minimum atomic E-state index is -0.0935. The highest BCUT2D eigenvalue weighted by atomic mass is 35.5. The standard InChI is InChI=1S/C9H17NO2.ClH/c1-3-12-9(11)8-6-4-5-7(2)10-8;/h7-8,10H,3-6H2,1-2H3;1H/t7-,8-;/m1./s1. The number of esters is 1. The van der Waals surface area contributed by atoms with Crippen molar-refractivity contribution < 1.29 is 9.53 Å². The van der Waals surface area contributed by atoms with Crippen molar-refractivity contribution in [1.29, 1.82) is 0 Å². The van der Waals surface area contributed by atoms with Crippen LogP contribution in [0.5, 0.6) is 0 Å². The second-order valence-electron chi connectivity index (χ2n) is 3.30. The van der Waals surface area contributed by atoms with Crippen LogP contribution in [-0.2, 0) is 9.53 Å². The highest BCUT2D eigenvalue weighted by Crippen LogP contribution is 2.12. The number of hydrogen-bond acceptors (Lipinski definition) is 3. The Labute approximate surface area is 85.6 Å². The molecule has 1 saturated heterocycles. The Morgan fingerprint density at radius 3 is 2.77 bits per heavy atom. The minimum Gasteiger partial charge on any atom is -0.465 e. The maximum atomic E-state index is 11.3. The second kappa shape index (κ2) is 6.22. The van der Waals surface area contributed by atoms with E-state index in [0.29, 0.717) is 12.6 Å². The SMILES string of the molecule is CCOC(=O)[C@H]1CCC[C@@H](C)N1.Cl. The highest BCUT2D eigenvalue weighted by molar-refractivity contribution is 5.85. The fourth-order valence-corrected chi connectivity index (χ4v) is 1.57. The molecule has 0 aromatic carbocycles. The number of carbonyl (C=O) groups excluding carboxylic acids is 1. The van der Waals surface area contributed by atoms with Crippen molar-refractivity contribution in [3.05, 3.63) is 0 Å². The molecule has 0 aliphatic carbocycles. The fourth-order valence-electron chi connectivity index (χ4n) is 1.57. The number of halogens is 1. The van der Waals surface area contributed by atoms with Crippen LogP contribution in [0.25, 0.3) is 0 Å². The lowest BCUT2D eigenvalue weighted by atomic mass is 10.00. The van der Waals surface area contributed by atoms with Gasteiger partial charge in [-0.1, -0.05) is 0 Å². The molecule has 1 rings (SSSR count). The van der Waals surface area contributed by atoms with E-state index in [9.17, 15) is 4.79 Å². The third-order valence-corrected chi connectivity index (χ3v) is 2.19. The molecule has 0 radical (unpaired) electrons. The first-order chi connectivity index (χ1) is 5.74. The summed E-state index contributed by atoms with van der Waals surface area (Å²) in [6, 6.07) is 0.391. The molecule has 1 aliphatic heterocycles. The quantitative estimate of drug-likeness (QED) is 0.698. The zero-order chi connectivity index (χ0) is 8.97. The third kappa shape index (κ3) is 3.96. The summed E-state index contributed by atoms with van der Waals surface area (Å²) >= 11 is 0. The molecule has 2 atom stereocenters. The molecule has 1 aliphatic rings. The van der Waals surface area contributed by atoms with Gasteiger partial charge in [0, 0.05) is 6.04 Å². The molecule has 4 heteroatoms. The Bertz CT molecular complexity index is 164. The molecule has 3 nitrogen and oxygen atoms in total. The summed E-state index contributed by atoms with van der Waals surface area (Å²) in [4.78, 5) is 11.3. The molecule has 0 spiro atoms. The molecule has 78 valence electrons. The smallest absolute Gasteiger partial charge is 0.323 e. The first-order valence-corrected chi connectivity index (χ1v) is 4.66. The highest BCUT2D eigenvalue weighted by Gasteiger charge is 2.24. The van der Waals surface area contributed by atoms with Gasteiger partial charge in [0.1, 0.15) is 6.04 Å². The zero-order valence-corrected chi connectivity index (χ0v) is 9.02. The van der Waals surface area contributed by atoms with Crippen LogP contribution in [0.15, 0.2) is 0 Å². The largest absolute Gasteiger partial charge is 0.465 e. The fraction of sp³-hybridized carbons (Fsp3) is 0.889. The van der Waals surface area contributed by atoms with Gasteiger partial charge in [-0.25, -0.2) is 0 Å². The topological polar surface area (TPSA) is 38.3 Å². The van der Waals surface area contributed by atoms with Gasteiger partial charge in [0.25, 0.3) is 0 Å². The van der Waals surface area contributed by atoms with Crippen LogP contribution in [-0.4, -0.2) is 24.7 Å². The molecule has 1 N–H and O–H groups in total. The van der Waals surface area contributed by atoms with Crippen molar-refractivity contribution in [3.63, 3.8) is 0 Å². The summed E-state index contributed by atoms with van der Waals surface area (Å²) in [6.07, 6.45) is 3.21. The lowest BCUT2D eigenvalue weighted by Crippen LogP contribution is -2.46. The Hall–Kier alpha value is -0.280. The molecule has 1 heterocycles. The summed E-state index contributed by atoms with van der Waals surface area (Å²) < 4.78 is 4.93. The monoisotopic (exact) mass is 207 g/mol. The van der Waals surface area contributed by atoms with Crippen molar-refractivity contribution in [3.8, 4) is 0 Å². The summed E-state index contributed by atoms with van der Waals surface area (Å²) in [6.45, 7) is 4.42. The molecule has 13 heavy (non-hydrogen) atoms. The maximum absolute atomic E-state index is 11.3. The van der Waals surface area contributed by atoms with E-state index in [0.717, 1.165) is 19.3 Å². The summed E-state index contributed by atoms with van der Waals surface area (Å²) in [7, 11) is 0. The van der Waals surface area contributed by atoms with Gasteiger partial charge in [-0.15, -0.1) is 12.4 Å². The lowest BCUT2D eigenvalue weighted by molar-refractivity contribution is -0.146. The first-order valence-electron chi connectivity index (χ1n) is 4.66. The summed E-state index contributed by atoms with van der Waals surface area (Å²) in [5.41, 5.74) is 0. The number of carbonyl (C=O) groups is 1. The van der Waals surface area contributed by atoms with E-state index >= 15 is 0 Å². The van der Waals surface area contributed by atoms with Gasteiger partial charge < -0.3 is 10.1 Å². The van der Waals surface area contributed by atoms with Crippen molar-refractivity contribution in [2.24, 2.45) is 0 Å². The van der Waals surface area contributed by atoms with Crippen LogP contribution in [0.2, 0.25) is 0 Å². The van der Waals surface area contributed by atoms with Crippen LogP contribution in [0.1, 0.15) is 33.1 Å². The van der Waals surface area contributed by atoms with E-state index in [-0.39, 0.29) is 24.4 Å². The Balaban J connectivity index is 0.00000144. The van der Waals surface area contributed by atoms with Crippen LogP contribution in [0, 0.1) is 0 Å². The zero-order valence-electron chi connectivity index (χ0n) is 8.21. The third-order valence-electron chi connectivity index (χ3n) is 2.19. The van der Waals surface area contributed by atoms with Crippen molar-refractivity contribution in [2.75, 3.05) is 6.61 Å². The molecular formula is C9H18ClNO2. The van der Waals surface area contributed by atoms with Gasteiger partial charge in [0.05, 0.1) is 6.61 Å². The molecule has 0 amide bonds. The second-order valence-corrected chi connectivity index (χ2v) is 3.30. The molecule has 0 aromatic rings. The molecular weight excluding hydrogens is 190 g/mol. The van der Waals surface area contributed by atoms with Crippen LogP contribution in [0.4, 0.5) is 0 Å². The lowest BCUT2D eigenvalue weighted by Gasteiger charge is -2.26. The van der Waals surface area contributed by atoms with Crippen molar-refractivity contribution >= 4 is 18.4 Å². The van der Waals surface area contributed by atoms with Gasteiger partial charge in [-0.2, -0.15) is 0 Å². The van der Waals surface area contributed by atoms with E-state index in [1.165, 1.54) is 0 Å². The van der Waals surface area contributed by atoms with E-state index in [1.54, 1.807) is 0 Å². The maximum Gasteiger partial charge on any atom is 0.323 e. The predicted octanol–water partition coefficient (Wildman–Crippen LogP) is 1.50. The van der Waals surface area contributed by atoms with Gasteiger partial charge in [-0.3, -0.25) is 4.79 Å². The first kappa shape index (κ1) is 12.7. The van der Waals surface area contributed by atoms with Crippen LogP contribution < -0.4 is 5.32 Å². The van der Waals surface area contributed by atoms with Crippen molar-refractivity contribution in [1.82, 2.24) is 5.32 Å². The normalized spacial score (nSPS) is 27.5. The van der Waals surface area contributed by atoms with Crippen LogP contribution >= 0.6 is 12.4 Å². The minimum absolute atomic E-state index is 0. The Morgan fingerprint density at radius 1 is 1.54 bits per heavy atom. The number of rotatable bonds is 2. The Kier molecular flexibility index (Phi) is 6.08. The number of ether oxygens (including phenoxy) is 1. The Morgan fingerprint density at radius 2 is 2.23 bits per heavy atom. The van der Waals surface area contributed by atoms with E-state index in [2.05, 4.69) is 12.2 Å². The average Bonchev–Trinajstić information content (AvgIpc) is 2.05. The van der Waals surface area contributed by atoms with Gasteiger partial charge in [0.15, 0.2) is 0 Å². The van der Waals surface area contributed by atoms with Crippen LogP contribution in [0.3, 0.4) is 0 Å². The number of piperidine rings is 1. The van der Waals surface area contributed by atoms with Crippen molar-refractivity contribution in [2.45, 2.75) is 45.2 Å². The number of hydrogen-bond donors (Lipinski definition) is 1. The molecule has 0 bridgehead atoms. The molecule has 1 fully saturated rings. The van der Waals surface area contributed by atoms with Gasteiger partial charge >= 0.3 is 5.97 Å². The molecule has 0 unspecified atom stereocenters. The molecule has 0 saturated carbocycles. The molecule has 0 aromatic heterocycles. The number of nitrogens with one attached hydrogen (secondary N) is 1. The summed E-state index contributed by atoms with van der Waals surface area (Å²) in [5.74, 6) is -0.0935.